The lowest BCUT2D eigenvalue weighted by atomic mass is 9.82. The van der Waals surface area contributed by atoms with Gasteiger partial charge in [-0.3, -0.25) is 4.79 Å². The molecule has 0 fully saturated rings. The minimum Gasteiger partial charge on any atom is -0.369 e. The summed E-state index contributed by atoms with van der Waals surface area (Å²) < 4.78 is 0. The molecular weight excluding hydrogens is 114 g/mol. The molecule has 1 unspecified atom stereocenters. The normalized spacial score (nSPS) is 15.1. The number of carbonyl (C=O) groups excluding carboxylic acids is 1. The highest BCUT2D eigenvalue weighted by molar-refractivity contribution is 5.77. The molecule has 0 rings (SSSR count). The Bertz CT molecular complexity index is 113. The van der Waals surface area contributed by atoms with Crippen molar-refractivity contribution in [3.8, 4) is 0 Å². The van der Waals surface area contributed by atoms with Crippen LogP contribution in [0.4, 0.5) is 0 Å². The van der Waals surface area contributed by atoms with Crippen LogP contribution in [0.2, 0.25) is 0 Å². The lowest BCUT2D eigenvalue weighted by Crippen LogP contribution is -2.31. The van der Waals surface area contributed by atoms with Crippen molar-refractivity contribution < 1.29 is 4.79 Å². The van der Waals surface area contributed by atoms with Gasteiger partial charge in [-0.1, -0.05) is 20.8 Å². The van der Waals surface area contributed by atoms with Crippen LogP contribution >= 0.6 is 0 Å². The van der Waals surface area contributed by atoms with E-state index in [0.29, 0.717) is 0 Å². The van der Waals surface area contributed by atoms with Gasteiger partial charge in [-0.15, -0.1) is 0 Å². The first kappa shape index (κ1) is 8.47. The molecule has 0 heterocycles. The van der Waals surface area contributed by atoms with Gasteiger partial charge in [0.2, 0.25) is 5.91 Å². The summed E-state index contributed by atoms with van der Waals surface area (Å²) in [4.78, 5) is 10.5. The van der Waals surface area contributed by atoms with E-state index in [1.807, 2.05) is 20.8 Å². The Morgan fingerprint density at radius 2 is 1.89 bits per heavy atom. The molecule has 2 heteroatoms. The van der Waals surface area contributed by atoms with Gasteiger partial charge < -0.3 is 5.73 Å². The Morgan fingerprint density at radius 3 is 1.89 bits per heavy atom. The second-order valence-electron chi connectivity index (χ2n) is 3.32. The summed E-state index contributed by atoms with van der Waals surface area (Å²) in [7, 11) is 0. The lowest BCUT2D eigenvalue weighted by molar-refractivity contribution is -0.123. The Balaban J connectivity index is 4.04. The van der Waals surface area contributed by atoms with Gasteiger partial charge in [-0.2, -0.15) is 0 Å². The number of amides is 1. The predicted octanol–water partition coefficient (Wildman–Crippen LogP) is 0.968. The molecule has 9 heavy (non-hydrogen) atoms. The quantitative estimate of drug-likeness (QED) is 0.561. The molecule has 1 atom stereocenters. The molecule has 1 amide bonds. The molecule has 0 bridgehead atoms. The molecule has 2 nitrogen and oxygen atoms in total. The summed E-state index contributed by atoms with van der Waals surface area (Å²) >= 11 is 0. The molecule has 0 saturated heterocycles. The standard InChI is InChI=1S/C7H14NO/c1-5(6(8)9)7(2,3)4/h5H,1H2,2-4H3,(H2,8,9). The van der Waals surface area contributed by atoms with Crippen molar-refractivity contribution in [3.63, 3.8) is 0 Å². The molecule has 1 radical (unpaired) electrons. The molecule has 2 N–H and O–H groups in total. The fourth-order valence-electron chi connectivity index (χ4n) is 0.427. The van der Waals surface area contributed by atoms with E-state index in [4.69, 9.17) is 5.73 Å². The summed E-state index contributed by atoms with van der Waals surface area (Å²) in [5.74, 6) is -0.625. The van der Waals surface area contributed by atoms with Crippen LogP contribution in [0.15, 0.2) is 0 Å². The molecule has 0 aliphatic rings. The third kappa shape index (κ3) is 2.49. The van der Waals surface area contributed by atoms with Crippen LogP contribution in [-0.2, 0) is 4.79 Å². The number of hydrogen-bond donors (Lipinski definition) is 1. The fraction of sp³-hybridized carbons (Fsp3) is 0.714. The zero-order valence-electron chi connectivity index (χ0n) is 6.27. The zero-order valence-corrected chi connectivity index (χ0v) is 6.27. The van der Waals surface area contributed by atoms with Gasteiger partial charge in [-0.05, 0) is 12.3 Å². The largest absolute Gasteiger partial charge is 0.369 e. The average molecular weight is 128 g/mol. The van der Waals surface area contributed by atoms with E-state index < -0.39 is 0 Å². The molecule has 0 saturated carbocycles. The van der Waals surface area contributed by atoms with Crippen LogP contribution in [0.3, 0.4) is 0 Å². The van der Waals surface area contributed by atoms with E-state index in [1.165, 1.54) is 0 Å². The van der Waals surface area contributed by atoms with Gasteiger partial charge in [0, 0.05) is 5.92 Å². The smallest absolute Gasteiger partial charge is 0.221 e. The number of carbonyl (C=O) groups is 1. The highest BCUT2D eigenvalue weighted by Gasteiger charge is 2.24. The average Bonchev–Trinajstić information content (AvgIpc) is 1.62. The van der Waals surface area contributed by atoms with Crippen molar-refractivity contribution in [1.29, 1.82) is 0 Å². The number of primary amides is 1. The molecule has 0 aromatic carbocycles. The van der Waals surface area contributed by atoms with Crippen LogP contribution in [0, 0.1) is 18.3 Å². The second-order valence-corrected chi connectivity index (χ2v) is 3.32. The van der Waals surface area contributed by atoms with Crippen molar-refractivity contribution in [2.75, 3.05) is 0 Å². The van der Waals surface area contributed by atoms with Crippen LogP contribution < -0.4 is 5.73 Å². The molecule has 0 aromatic rings. The van der Waals surface area contributed by atoms with Crippen molar-refractivity contribution >= 4 is 5.91 Å². The van der Waals surface area contributed by atoms with E-state index in [-0.39, 0.29) is 17.2 Å². The Labute approximate surface area is 56.4 Å². The molecule has 53 valence electrons. The van der Waals surface area contributed by atoms with E-state index in [0.717, 1.165) is 0 Å². The van der Waals surface area contributed by atoms with E-state index in [1.54, 1.807) is 0 Å². The minimum absolute atomic E-state index is 0.105. The molecular formula is C7H14NO. The third-order valence-corrected chi connectivity index (χ3v) is 1.39. The minimum atomic E-state index is -0.331. The maximum atomic E-state index is 10.5. The van der Waals surface area contributed by atoms with Gasteiger partial charge >= 0.3 is 0 Å². The topological polar surface area (TPSA) is 43.1 Å². The van der Waals surface area contributed by atoms with E-state index >= 15 is 0 Å². The van der Waals surface area contributed by atoms with E-state index in [2.05, 4.69) is 6.92 Å². The summed E-state index contributed by atoms with van der Waals surface area (Å²) in [6, 6.07) is 0. The van der Waals surface area contributed by atoms with Crippen LogP contribution in [0.25, 0.3) is 0 Å². The fourth-order valence-corrected chi connectivity index (χ4v) is 0.427. The van der Waals surface area contributed by atoms with Crippen LogP contribution in [0.1, 0.15) is 20.8 Å². The van der Waals surface area contributed by atoms with Gasteiger partial charge in [0.1, 0.15) is 0 Å². The van der Waals surface area contributed by atoms with E-state index in [9.17, 15) is 4.79 Å². The number of nitrogens with two attached hydrogens (primary N) is 1. The first-order valence-corrected chi connectivity index (χ1v) is 2.98. The Hall–Kier alpha value is -0.530. The highest BCUT2D eigenvalue weighted by Crippen LogP contribution is 2.23. The monoisotopic (exact) mass is 128 g/mol. The third-order valence-electron chi connectivity index (χ3n) is 1.39. The second kappa shape index (κ2) is 2.38. The molecule has 0 aromatic heterocycles. The molecule has 0 spiro atoms. The van der Waals surface area contributed by atoms with Gasteiger partial charge in [0.15, 0.2) is 0 Å². The zero-order chi connectivity index (χ0) is 7.65. The SMILES string of the molecule is [CH2]C(C(N)=O)C(C)(C)C. The van der Waals surface area contributed by atoms with Gasteiger partial charge in [0.05, 0.1) is 0 Å². The molecule has 0 aliphatic carbocycles. The van der Waals surface area contributed by atoms with Crippen molar-refractivity contribution in [3.05, 3.63) is 6.92 Å². The summed E-state index contributed by atoms with van der Waals surface area (Å²) in [5.41, 5.74) is 4.92. The summed E-state index contributed by atoms with van der Waals surface area (Å²) in [6.07, 6.45) is 0. The van der Waals surface area contributed by atoms with Crippen molar-refractivity contribution in [2.24, 2.45) is 17.1 Å². The number of rotatable bonds is 1. The summed E-state index contributed by atoms with van der Waals surface area (Å²) in [6.45, 7) is 9.45. The van der Waals surface area contributed by atoms with Crippen LogP contribution in [0.5, 0.6) is 0 Å². The lowest BCUT2D eigenvalue weighted by Gasteiger charge is -2.23. The van der Waals surface area contributed by atoms with Crippen molar-refractivity contribution in [1.82, 2.24) is 0 Å². The highest BCUT2D eigenvalue weighted by atomic mass is 16.1. The first-order valence-electron chi connectivity index (χ1n) is 2.98. The van der Waals surface area contributed by atoms with Gasteiger partial charge in [-0.25, -0.2) is 0 Å². The summed E-state index contributed by atoms with van der Waals surface area (Å²) in [5, 5.41) is 0. The number of hydrogen-bond acceptors (Lipinski definition) is 1. The molecule has 0 aliphatic heterocycles. The first-order chi connectivity index (χ1) is 3.85. The maximum absolute atomic E-state index is 10.5. The Morgan fingerprint density at radius 1 is 1.56 bits per heavy atom. The Kier molecular flexibility index (Phi) is 2.24. The maximum Gasteiger partial charge on any atom is 0.221 e. The van der Waals surface area contributed by atoms with Crippen LogP contribution in [-0.4, -0.2) is 5.91 Å². The van der Waals surface area contributed by atoms with Crippen molar-refractivity contribution in [2.45, 2.75) is 20.8 Å². The van der Waals surface area contributed by atoms with Gasteiger partial charge in [0.25, 0.3) is 0 Å². The predicted molar refractivity (Wildman–Crippen MR) is 37.5 cm³/mol.